The summed E-state index contributed by atoms with van der Waals surface area (Å²) in [6.45, 7) is 7.55. The van der Waals surface area contributed by atoms with Crippen LogP contribution in [0, 0.1) is 0 Å². The Balaban J connectivity index is 1.38. The number of allylic oxidation sites excluding steroid dienone is 4. The van der Waals surface area contributed by atoms with Crippen molar-refractivity contribution in [2.24, 2.45) is 0 Å². The maximum atomic E-state index is 2.45. The van der Waals surface area contributed by atoms with Gasteiger partial charge < -0.3 is 9.80 Å². The molecular formula is C37H37N3S. The summed E-state index contributed by atoms with van der Waals surface area (Å²) in [5.41, 5.74) is 9.85. The lowest BCUT2D eigenvalue weighted by atomic mass is 9.93. The van der Waals surface area contributed by atoms with Crippen LogP contribution in [0.3, 0.4) is 0 Å². The summed E-state index contributed by atoms with van der Waals surface area (Å²) >= 11 is 1.90. The summed E-state index contributed by atoms with van der Waals surface area (Å²) in [7, 11) is 2.18. The van der Waals surface area contributed by atoms with Crippen LogP contribution in [0.5, 0.6) is 0 Å². The van der Waals surface area contributed by atoms with Crippen molar-refractivity contribution in [1.82, 2.24) is 4.90 Å². The number of likely N-dealkylation sites (N-methyl/N-ethyl adjacent to an activating group) is 1. The molecule has 0 radical (unpaired) electrons. The Labute approximate surface area is 249 Å². The SMILES string of the molecule is CCN(CC)Cc1ccc(C2=C/C(=C/C=C/C3Sc4ccccc4N3C)c3ccccc3N2c2ccccc2)cc1. The molecule has 2 aliphatic heterocycles. The summed E-state index contributed by atoms with van der Waals surface area (Å²) < 4.78 is 0. The van der Waals surface area contributed by atoms with Gasteiger partial charge in [-0.3, -0.25) is 4.90 Å². The molecule has 206 valence electrons. The van der Waals surface area contributed by atoms with Crippen molar-refractivity contribution in [2.75, 3.05) is 29.9 Å². The number of hydrogen-bond donors (Lipinski definition) is 0. The van der Waals surface area contributed by atoms with E-state index in [1.54, 1.807) is 0 Å². The van der Waals surface area contributed by atoms with Crippen molar-refractivity contribution < 1.29 is 0 Å². The molecule has 3 nitrogen and oxygen atoms in total. The Morgan fingerprint density at radius 1 is 0.780 bits per heavy atom. The van der Waals surface area contributed by atoms with Gasteiger partial charge in [-0.05, 0) is 66.2 Å². The van der Waals surface area contributed by atoms with Crippen molar-refractivity contribution in [2.45, 2.75) is 30.7 Å². The van der Waals surface area contributed by atoms with Crippen LogP contribution in [0.25, 0.3) is 11.3 Å². The molecule has 41 heavy (non-hydrogen) atoms. The van der Waals surface area contributed by atoms with Gasteiger partial charge in [0.25, 0.3) is 0 Å². The highest BCUT2D eigenvalue weighted by Gasteiger charge is 2.26. The Hall–Kier alpha value is -3.99. The molecule has 4 aromatic carbocycles. The third-order valence-electron chi connectivity index (χ3n) is 7.98. The van der Waals surface area contributed by atoms with Crippen LogP contribution in [0.15, 0.2) is 132 Å². The number of thioether (sulfide) groups is 1. The highest BCUT2D eigenvalue weighted by molar-refractivity contribution is 8.00. The summed E-state index contributed by atoms with van der Waals surface area (Å²) in [5, 5.41) is 0.283. The summed E-state index contributed by atoms with van der Waals surface area (Å²) in [6.07, 6.45) is 9.15. The number of para-hydroxylation sites is 3. The van der Waals surface area contributed by atoms with Gasteiger partial charge in [-0.25, -0.2) is 0 Å². The van der Waals surface area contributed by atoms with Crippen LogP contribution in [-0.4, -0.2) is 30.4 Å². The molecule has 0 spiro atoms. The molecule has 1 atom stereocenters. The van der Waals surface area contributed by atoms with Crippen molar-refractivity contribution in [1.29, 1.82) is 0 Å². The van der Waals surface area contributed by atoms with Crippen LogP contribution in [0.1, 0.15) is 30.5 Å². The van der Waals surface area contributed by atoms with E-state index in [9.17, 15) is 0 Å². The van der Waals surface area contributed by atoms with E-state index in [0.29, 0.717) is 0 Å². The fourth-order valence-electron chi connectivity index (χ4n) is 5.64. The first-order valence-electron chi connectivity index (χ1n) is 14.5. The molecule has 0 fully saturated rings. The van der Waals surface area contributed by atoms with Gasteiger partial charge in [-0.15, -0.1) is 0 Å². The molecule has 0 N–H and O–H groups in total. The number of hydrogen-bond acceptors (Lipinski definition) is 4. The Kier molecular flexibility index (Phi) is 8.13. The monoisotopic (exact) mass is 555 g/mol. The second-order valence-electron chi connectivity index (χ2n) is 10.5. The highest BCUT2D eigenvalue weighted by Crippen LogP contribution is 2.45. The van der Waals surface area contributed by atoms with Crippen LogP contribution in [0.4, 0.5) is 17.1 Å². The largest absolute Gasteiger partial charge is 0.358 e. The first-order chi connectivity index (χ1) is 20.2. The molecule has 0 aromatic heterocycles. The molecular weight excluding hydrogens is 518 g/mol. The number of anilines is 3. The second kappa shape index (κ2) is 12.3. The van der Waals surface area contributed by atoms with E-state index < -0.39 is 0 Å². The minimum Gasteiger partial charge on any atom is -0.358 e. The second-order valence-corrected chi connectivity index (χ2v) is 11.6. The Morgan fingerprint density at radius 3 is 2.20 bits per heavy atom. The quantitative estimate of drug-likeness (QED) is 0.214. The zero-order chi connectivity index (χ0) is 28.2. The van der Waals surface area contributed by atoms with E-state index in [-0.39, 0.29) is 5.37 Å². The summed E-state index contributed by atoms with van der Waals surface area (Å²) in [5.74, 6) is 0. The van der Waals surface area contributed by atoms with Gasteiger partial charge in [0.2, 0.25) is 0 Å². The summed E-state index contributed by atoms with van der Waals surface area (Å²) in [4.78, 5) is 8.53. The molecule has 0 amide bonds. The molecule has 0 saturated heterocycles. The minimum atomic E-state index is 0.283. The van der Waals surface area contributed by atoms with E-state index in [4.69, 9.17) is 0 Å². The first-order valence-corrected chi connectivity index (χ1v) is 15.4. The van der Waals surface area contributed by atoms with Crippen molar-refractivity contribution in [3.63, 3.8) is 0 Å². The molecule has 0 bridgehead atoms. The number of nitrogens with zero attached hydrogens (tertiary/aromatic N) is 3. The van der Waals surface area contributed by atoms with Gasteiger partial charge in [-0.1, -0.05) is 117 Å². The minimum absolute atomic E-state index is 0.283. The lowest BCUT2D eigenvalue weighted by molar-refractivity contribution is 0.296. The zero-order valence-electron chi connectivity index (χ0n) is 24.1. The lowest BCUT2D eigenvalue weighted by Gasteiger charge is -2.34. The third-order valence-corrected chi connectivity index (χ3v) is 9.29. The molecule has 0 aliphatic carbocycles. The number of fused-ring (bicyclic) bond motifs is 2. The fourth-order valence-corrected chi connectivity index (χ4v) is 6.83. The van der Waals surface area contributed by atoms with E-state index in [1.807, 2.05) is 11.8 Å². The van der Waals surface area contributed by atoms with Crippen LogP contribution < -0.4 is 9.80 Å². The Morgan fingerprint density at radius 2 is 1.46 bits per heavy atom. The third kappa shape index (κ3) is 5.63. The smallest absolute Gasteiger partial charge is 0.0982 e. The maximum Gasteiger partial charge on any atom is 0.0982 e. The molecule has 2 aliphatic rings. The molecule has 1 unspecified atom stereocenters. The highest BCUT2D eigenvalue weighted by atomic mass is 32.2. The molecule has 0 saturated carbocycles. The normalized spacial score (nSPS) is 17.3. The Bertz CT molecular complexity index is 1580. The van der Waals surface area contributed by atoms with Gasteiger partial charge in [0.15, 0.2) is 0 Å². The van der Waals surface area contributed by atoms with Crippen LogP contribution in [-0.2, 0) is 6.54 Å². The van der Waals surface area contributed by atoms with Gasteiger partial charge in [0, 0.05) is 29.7 Å². The molecule has 2 heterocycles. The van der Waals surface area contributed by atoms with Crippen molar-refractivity contribution >= 4 is 40.1 Å². The van der Waals surface area contributed by atoms with Gasteiger partial charge >= 0.3 is 0 Å². The van der Waals surface area contributed by atoms with E-state index in [1.165, 1.54) is 44.2 Å². The van der Waals surface area contributed by atoms with Gasteiger partial charge in [-0.2, -0.15) is 0 Å². The standard InChI is InChI=1S/C37H37N3S/c1-4-39(5-2)27-28-22-24-29(25-23-28)35-26-30(14-13-21-37-38(3)34-19-11-12-20-36(34)41-37)32-17-9-10-18-33(32)40(35)31-15-7-6-8-16-31/h6-26,37H,4-5,27H2,1-3H3/b21-13+,30-14-. The average Bonchev–Trinajstić information content (AvgIpc) is 3.35. The predicted octanol–water partition coefficient (Wildman–Crippen LogP) is 9.23. The van der Waals surface area contributed by atoms with Crippen LogP contribution in [0.2, 0.25) is 0 Å². The van der Waals surface area contributed by atoms with E-state index >= 15 is 0 Å². The van der Waals surface area contributed by atoms with Gasteiger partial charge in [0.05, 0.1) is 22.4 Å². The van der Waals surface area contributed by atoms with Gasteiger partial charge in [0.1, 0.15) is 0 Å². The summed E-state index contributed by atoms with van der Waals surface area (Å²) in [6, 6.07) is 37.2. The topological polar surface area (TPSA) is 9.72 Å². The number of benzene rings is 4. The zero-order valence-corrected chi connectivity index (χ0v) is 24.9. The molecule has 4 heteroatoms. The van der Waals surface area contributed by atoms with Crippen molar-refractivity contribution in [3.05, 3.63) is 144 Å². The average molecular weight is 556 g/mol. The van der Waals surface area contributed by atoms with E-state index in [0.717, 1.165) is 25.3 Å². The first kappa shape index (κ1) is 27.2. The molecule has 4 aromatic rings. The maximum absolute atomic E-state index is 2.45. The van der Waals surface area contributed by atoms with E-state index in [2.05, 4.69) is 163 Å². The number of rotatable bonds is 8. The predicted molar refractivity (Wildman–Crippen MR) is 178 cm³/mol. The molecule has 6 rings (SSSR count). The van der Waals surface area contributed by atoms with Crippen molar-refractivity contribution in [3.8, 4) is 0 Å². The lowest BCUT2D eigenvalue weighted by Crippen LogP contribution is -2.22. The van der Waals surface area contributed by atoms with Crippen LogP contribution >= 0.6 is 11.8 Å². The fraction of sp³-hybridized carbons (Fsp3) is 0.189.